The molecule has 0 spiro atoms. The topological polar surface area (TPSA) is 92.8 Å². The number of carbonyl (C=O) groups excluding carboxylic acids is 4. The molecule has 2 aliphatic rings. The van der Waals surface area contributed by atoms with E-state index >= 15 is 0 Å². The molecule has 7 nitrogen and oxygen atoms in total. The Morgan fingerprint density at radius 3 is 2.45 bits per heavy atom. The molecular weight excluding hydrogens is 512 g/mol. The first kappa shape index (κ1) is 23.4. The van der Waals surface area contributed by atoms with Gasteiger partial charge >= 0.3 is 5.97 Å². The van der Waals surface area contributed by atoms with Crippen molar-refractivity contribution in [3.63, 3.8) is 0 Å². The molecule has 172 valence electrons. The number of benzene rings is 2. The van der Waals surface area contributed by atoms with Gasteiger partial charge in [-0.05, 0) is 71.6 Å². The minimum absolute atomic E-state index is 0.152. The number of nitrogens with one attached hydrogen (secondary N) is 1. The van der Waals surface area contributed by atoms with Crippen molar-refractivity contribution >= 4 is 62.6 Å². The van der Waals surface area contributed by atoms with Crippen molar-refractivity contribution in [3.05, 3.63) is 57.0 Å². The Morgan fingerprint density at radius 2 is 1.79 bits per heavy atom. The van der Waals surface area contributed by atoms with Gasteiger partial charge in [0.1, 0.15) is 0 Å². The first-order valence-electron chi connectivity index (χ1n) is 10.7. The zero-order valence-electron chi connectivity index (χ0n) is 17.9. The van der Waals surface area contributed by atoms with Crippen LogP contribution < -0.4 is 10.2 Å². The van der Waals surface area contributed by atoms with Gasteiger partial charge in [-0.2, -0.15) is 0 Å². The number of anilines is 2. The first-order valence-corrected chi connectivity index (χ1v) is 11.8. The van der Waals surface area contributed by atoms with Crippen LogP contribution in [0.25, 0.3) is 0 Å². The molecule has 2 fully saturated rings. The van der Waals surface area contributed by atoms with Gasteiger partial charge in [-0.25, -0.2) is 4.79 Å². The summed E-state index contributed by atoms with van der Waals surface area (Å²) in [5, 5.41) is 3.10. The van der Waals surface area contributed by atoms with Gasteiger partial charge in [0.15, 0.2) is 6.61 Å². The minimum atomic E-state index is -0.728. The lowest BCUT2D eigenvalue weighted by atomic mass is 9.81. The number of halogens is 2. The summed E-state index contributed by atoms with van der Waals surface area (Å²) in [6, 6.07) is 9.54. The summed E-state index contributed by atoms with van der Waals surface area (Å²) in [4.78, 5) is 51.6. The fourth-order valence-corrected chi connectivity index (χ4v) is 4.99. The Balaban J connectivity index is 1.41. The average Bonchev–Trinajstić information content (AvgIpc) is 3.06. The molecule has 33 heavy (non-hydrogen) atoms. The van der Waals surface area contributed by atoms with Crippen molar-refractivity contribution in [2.75, 3.05) is 16.8 Å². The van der Waals surface area contributed by atoms with Crippen LogP contribution in [0.2, 0.25) is 5.02 Å². The smallest absolute Gasteiger partial charge is 0.338 e. The number of hydrogen-bond donors (Lipinski definition) is 1. The molecule has 0 aromatic heterocycles. The van der Waals surface area contributed by atoms with Gasteiger partial charge in [0.2, 0.25) is 11.8 Å². The molecule has 1 aliphatic carbocycles. The van der Waals surface area contributed by atoms with Crippen molar-refractivity contribution in [2.45, 2.75) is 32.6 Å². The normalized spacial score (nSPS) is 19.9. The number of esters is 1. The zero-order chi connectivity index (χ0) is 23.7. The number of imide groups is 1. The maximum absolute atomic E-state index is 12.8. The lowest BCUT2D eigenvalue weighted by molar-refractivity contribution is -0.122. The Hall–Kier alpha value is -2.71. The van der Waals surface area contributed by atoms with E-state index in [0.29, 0.717) is 33.7 Å². The number of aryl methyl sites for hydroxylation is 1. The number of fused-ring (bicyclic) bond motifs is 1. The fraction of sp³-hybridized carbons (Fsp3) is 0.333. The van der Waals surface area contributed by atoms with Crippen molar-refractivity contribution in [3.8, 4) is 0 Å². The molecule has 0 unspecified atom stereocenters. The number of rotatable bonds is 5. The third-order valence-electron chi connectivity index (χ3n) is 6.06. The molecule has 3 amide bonds. The van der Waals surface area contributed by atoms with E-state index in [1.165, 1.54) is 17.0 Å². The Morgan fingerprint density at radius 1 is 1.12 bits per heavy atom. The lowest BCUT2D eigenvalue weighted by Crippen LogP contribution is -2.31. The van der Waals surface area contributed by atoms with Gasteiger partial charge in [-0.15, -0.1) is 0 Å². The third kappa shape index (κ3) is 4.82. The zero-order valence-corrected chi connectivity index (χ0v) is 20.2. The molecule has 0 bridgehead atoms. The Bertz CT molecular complexity index is 1130. The highest BCUT2D eigenvalue weighted by molar-refractivity contribution is 9.10. The number of hydrogen-bond acceptors (Lipinski definition) is 5. The Kier molecular flexibility index (Phi) is 6.86. The molecule has 9 heteroatoms. The van der Waals surface area contributed by atoms with Gasteiger partial charge in [0.05, 0.1) is 28.1 Å². The molecule has 1 aliphatic heterocycles. The molecule has 4 rings (SSSR count). The second kappa shape index (κ2) is 9.65. The molecule has 1 saturated heterocycles. The van der Waals surface area contributed by atoms with E-state index in [1.54, 1.807) is 24.3 Å². The number of ether oxygens (including phenoxy) is 1. The quantitative estimate of drug-likeness (QED) is 0.437. The predicted molar refractivity (Wildman–Crippen MR) is 127 cm³/mol. The summed E-state index contributed by atoms with van der Waals surface area (Å²) in [5.41, 5.74) is 1.80. The molecule has 2 aromatic carbocycles. The monoisotopic (exact) mass is 532 g/mol. The van der Waals surface area contributed by atoms with Gasteiger partial charge in [0.25, 0.3) is 5.91 Å². The molecule has 1 saturated carbocycles. The van der Waals surface area contributed by atoms with Crippen LogP contribution in [0.15, 0.2) is 40.9 Å². The summed E-state index contributed by atoms with van der Waals surface area (Å²) in [7, 11) is 0. The summed E-state index contributed by atoms with van der Waals surface area (Å²) < 4.78 is 5.85. The van der Waals surface area contributed by atoms with E-state index in [2.05, 4.69) is 21.2 Å². The van der Waals surface area contributed by atoms with E-state index in [-0.39, 0.29) is 29.2 Å². The molecule has 2 aromatic rings. The van der Waals surface area contributed by atoms with Crippen LogP contribution in [0, 0.1) is 18.8 Å². The van der Waals surface area contributed by atoms with Crippen LogP contribution >= 0.6 is 27.5 Å². The van der Waals surface area contributed by atoms with Crippen LogP contribution in [0.3, 0.4) is 0 Å². The van der Waals surface area contributed by atoms with Gasteiger partial charge < -0.3 is 10.1 Å². The predicted octanol–water partition coefficient (Wildman–Crippen LogP) is 4.89. The van der Waals surface area contributed by atoms with Crippen LogP contribution in [0.4, 0.5) is 11.4 Å². The standard InChI is InChI=1S/C24H22BrClN2O5/c1-13-9-18(25)19(26)11-20(13)27-21(29)12-33-24(32)14-5-4-6-15(10-14)28-22(30)16-7-2-3-8-17(16)23(28)31/h4-6,9-11,16-17H,2-3,7-8,12H2,1H3,(H,27,29)/t16-,17-/m1/s1. The summed E-state index contributed by atoms with van der Waals surface area (Å²) in [6.45, 7) is 1.31. The van der Waals surface area contributed by atoms with E-state index < -0.39 is 18.5 Å². The van der Waals surface area contributed by atoms with Gasteiger partial charge in [-0.3, -0.25) is 19.3 Å². The highest BCUT2D eigenvalue weighted by Gasteiger charge is 2.48. The maximum atomic E-state index is 12.8. The number of nitrogens with zero attached hydrogens (tertiary/aromatic N) is 1. The van der Waals surface area contributed by atoms with E-state index in [1.807, 2.05) is 6.92 Å². The number of amides is 3. The third-order valence-corrected chi connectivity index (χ3v) is 7.25. The van der Waals surface area contributed by atoms with Crippen LogP contribution in [-0.2, 0) is 19.1 Å². The van der Waals surface area contributed by atoms with Crippen molar-refractivity contribution in [1.82, 2.24) is 0 Å². The van der Waals surface area contributed by atoms with Crippen molar-refractivity contribution in [1.29, 1.82) is 0 Å². The van der Waals surface area contributed by atoms with Gasteiger partial charge in [-0.1, -0.05) is 30.5 Å². The SMILES string of the molecule is Cc1cc(Br)c(Cl)cc1NC(=O)COC(=O)c1cccc(N2C(=O)[C@@H]3CCCC[C@H]3C2=O)c1. The van der Waals surface area contributed by atoms with Crippen LogP contribution in [0.5, 0.6) is 0 Å². The molecule has 0 radical (unpaired) electrons. The largest absolute Gasteiger partial charge is 0.452 e. The fourth-order valence-electron chi connectivity index (χ4n) is 4.37. The van der Waals surface area contributed by atoms with E-state index in [9.17, 15) is 19.2 Å². The van der Waals surface area contributed by atoms with Gasteiger partial charge in [0, 0.05) is 10.2 Å². The molecule has 2 atom stereocenters. The van der Waals surface area contributed by atoms with Crippen LogP contribution in [-0.4, -0.2) is 30.3 Å². The maximum Gasteiger partial charge on any atom is 0.338 e. The molecule has 1 heterocycles. The summed E-state index contributed by atoms with van der Waals surface area (Å²) in [6.07, 6.45) is 3.31. The minimum Gasteiger partial charge on any atom is -0.452 e. The molecular formula is C24H22BrClN2O5. The van der Waals surface area contributed by atoms with Crippen molar-refractivity contribution < 1.29 is 23.9 Å². The second-order valence-corrected chi connectivity index (χ2v) is 9.53. The summed E-state index contributed by atoms with van der Waals surface area (Å²) in [5.74, 6) is -2.22. The Labute approximate surface area is 204 Å². The van der Waals surface area contributed by atoms with E-state index in [0.717, 1.165) is 18.4 Å². The number of carbonyl (C=O) groups is 4. The van der Waals surface area contributed by atoms with Crippen LogP contribution in [0.1, 0.15) is 41.6 Å². The average molecular weight is 534 g/mol. The molecule has 1 N–H and O–H groups in total. The lowest BCUT2D eigenvalue weighted by Gasteiger charge is -2.19. The first-order chi connectivity index (χ1) is 15.8. The highest BCUT2D eigenvalue weighted by atomic mass is 79.9. The van der Waals surface area contributed by atoms with E-state index in [4.69, 9.17) is 16.3 Å². The highest BCUT2D eigenvalue weighted by Crippen LogP contribution is 2.40. The van der Waals surface area contributed by atoms with Crippen molar-refractivity contribution in [2.24, 2.45) is 11.8 Å². The second-order valence-electron chi connectivity index (χ2n) is 8.27. The summed E-state index contributed by atoms with van der Waals surface area (Å²) >= 11 is 9.39.